The largest absolute Gasteiger partial charge is 0.379 e. The number of hydrogen-bond acceptors (Lipinski definition) is 6. The molecule has 0 atom stereocenters. The zero-order valence-corrected chi connectivity index (χ0v) is 15.8. The van der Waals surface area contributed by atoms with Gasteiger partial charge in [-0.1, -0.05) is 18.2 Å². The number of rotatable bonds is 5. The van der Waals surface area contributed by atoms with E-state index < -0.39 is 13.4 Å². The number of hydroxylamine groups is 1. The molecule has 10 nitrogen and oxygen atoms in total. The predicted molar refractivity (Wildman–Crippen MR) is 98.7 cm³/mol. The molecule has 0 saturated carbocycles. The summed E-state index contributed by atoms with van der Waals surface area (Å²) in [4.78, 5) is 12.3. The van der Waals surface area contributed by atoms with Gasteiger partial charge in [0.2, 0.25) is 5.58 Å². The predicted octanol–water partition coefficient (Wildman–Crippen LogP) is 0.524. The van der Waals surface area contributed by atoms with E-state index in [9.17, 15) is 14.6 Å². The van der Waals surface area contributed by atoms with Crippen LogP contribution in [-0.2, 0) is 14.0 Å². The van der Waals surface area contributed by atoms with Crippen LogP contribution in [0.1, 0.15) is 10.4 Å². The van der Waals surface area contributed by atoms with Crippen molar-refractivity contribution in [3.63, 3.8) is 0 Å². The molecule has 148 valence electrons. The van der Waals surface area contributed by atoms with Crippen LogP contribution in [0.4, 0.5) is 0 Å². The number of nitrogens with one attached hydrogen (secondary N) is 2. The van der Waals surface area contributed by atoms with E-state index in [2.05, 4.69) is 10.5 Å². The van der Waals surface area contributed by atoms with Gasteiger partial charge >= 0.3 is 0 Å². The van der Waals surface area contributed by atoms with Gasteiger partial charge in [0.1, 0.15) is 0 Å². The molecule has 1 aromatic rings. The third-order valence-electron chi connectivity index (χ3n) is 4.42. The summed E-state index contributed by atoms with van der Waals surface area (Å²) >= 11 is 0. The number of amidine groups is 1. The number of nitrogens with zero attached hydrogens (tertiary/aromatic N) is 3. The standard InChI is InChI=1S/C16H24N5O5P/c22-15(14-4-2-1-3-5-14)17-18-16(19-23)27(24,20-6-10-25-11-7-20)21-8-12-26-13-9-21/h1-5,23H,6-13H2,(H,17,22)(H,18,19). The van der Waals surface area contributed by atoms with E-state index in [1.54, 1.807) is 39.7 Å². The molecule has 0 aliphatic carbocycles. The number of hydrogen-bond donors (Lipinski definition) is 3. The van der Waals surface area contributed by atoms with Gasteiger partial charge in [-0.15, -0.1) is 5.10 Å². The molecule has 0 radical (unpaired) electrons. The first-order chi connectivity index (χ1) is 13.2. The lowest BCUT2D eigenvalue weighted by Gasteiger charge is -2.41. The SMILES string of the molecule is O=C(N/N=C(\NO)P(=O)(N1CCOCC1)N1CCOCC1)c1ccccc1. The molecule has 3 rings (SSSR count). The van der Waals surface area contributed by atoms with Crippen molar-refractivity contribution < 1.29 is 24.0 Å². The van der Waals surface area contributed by atoms with Gasteiger partial charge in [0.15, 0.2) is 0 Å². The normalized spacial score (nSPS) is 20.3. The number of hydrazone groups is 1. The second-order valence-electron chi connectivity index (χ2n) is 6.03. The average molecular weight is 397 g/mol. The Labute approximate surface area is 157 Å². The van der Waals surface area contributed by atoms with Crippen molar-refractivity contribution >= 4 is 18.9 Å². The highest BCUT2D eigenvalue weighted by Crippen LogP contribution is 2.54. The lowest BCUT2D eigenvalue weighted by atomic mass is 10.2. The summed E-state index contributed by atoms with van der Waals surface area (Å²) < 4.78 is 28.2. The van der Waals surface area contributed by atoms with Crippen molar-refractivity contribution in [1.29, 1.82) is 0 Å². The molecule has 2 heterocycles. The quantitative estimate of drug-likeness (QED) is 0.285. The molecule has 11 heteroatoms. The van der Waals surface area contributed by atoms with Gasteiger partial charge in [-0.3, -0.25) is 14.6 Å². The van der Waals surface area contributed by atoms with E-state index >= 15 is 0 Å². The van der Waals surface area contributed by atoms with E-state index in [-0.39, 0.29) is 5.58 Å². The first-order valence-electron chi connectivity index (χ1n) is 8.76. The zero-order chi connectivity index (χ0) is 19.1. The summed E-state index contributed by atoms with van der Waals surface area (Å²) in [6.07, 6.45) is 0. The minimum Gasteiger partial charge on any atom is -0.379 e. The maximum absolute atomic E-state index is 14.0. The Hall–Kier alpha value is -1.81. The lowest BCUT2D eigenvalue weighted by Crippen LogP contribution is -2.47. The Bertz CT molecular complexity index is 682. The molecular weight excluding hydrogens is 373 g/mol. The Balaban J connectivity index is 1.85. The van der Waals surface area contributed by atoms with Gasteiger partial charge in [0, 0.05) is 31.7 Å². The molecule has 0 unspecified atom stereocenters. The van der Waals surface area contributed by atoms with Crippen molar-refractivity contribution in [2.24, 2.45) is 5.10 Å². The van der Waals surface area contributed by atoms with Gasteiger partial charge in [-0.05, 0) is 12.1 Å². The minimum atomic E-state index is -3.45. The van der Waals surface area contributed by atoms with Crippen LogP contribution in [0.15, 0.2) is 35.4 Å². The lowest BCUT2D eigenvalue weighted by molar-refractivity contribution is 0.0537. The van der Waals surface area contributed by atoms with Crippen molar-refractivity contribution in [3.8, 4) is 0 Å². The molecule has 0 spiro atoms. The number of amides is 1. The van der Waals surface area contributed by atoms with Crippen LogP contribution in [0.3, 0.4) is 0 Å². The molecule has 1 aromatic carbocycles. The highest BCUT2D eigenvalue weighted by molar-refractivity contribution is 7.76. The van der Waals surface area contributed by atoms with Gasteiger partial charge < -0.3 is 9.47 Å². The van der Waals surface area contributed by atoms with Gasteiger partial charge in [0.25, 0.3) is 13.4 Å². The van der Waals surface area contributed by atoms with Crippen molar-refractivity contribution in [2.45, 2.75) is 0 Å². The van der Waals surface area contributed by atoms with Gasteiger partial charge in [0.05, 0.1) is 26.4 Å². The zero-order valence-electron chi connectivity index (χ0n) is 14.9. The molecule has 2 aliphatic rings. The van der Waals surface area contributed by atoms with Crippen LogP contribution in [-0.4, -0.2) is 78.6 Å². The number of carbonyl (C=O) groups excluding carboxylic acids is 1. The summed E-state index contributed by atoms with van der Waals surface area (Å²) in [5.74, 6) is -0.459. The molecular formula is C16H24N5O5P. The fraction of sp³-hybridized carbons (Fsp3) is 0.500. The molecule has 1 amide bonds. The second kappa shape index (κ2) is 9.41. The number of benzene rings is 1. The minimum absolute atomic E-state index is 0.185. The first-order valence-corrected chi connectivity index (χ1v) is 10.4. The van der Waals surface area contributed by atoms with E-state index in [0.29, 0.717) is 58.2 Å². The van der Waals surface area contributed by atoms with Crippen LogP contribution in [0.5, 0.6) is 0 Å². The number of morpholine rings is 2. The van der Waals surface area contributed by atoms with Crippen LogP contribution in [0.2, 0.25) is 0 Å². The fourth-order valence-electron chi connectivity index (χ4n) is 3.01. The number of ether oxygens (including phenoxy) is 2. The van der Waals surface area contributed by atoms with E-state index in [1.807, 2.05) is 5.48 Å². The van der Waals surface area contributed by atoms with E-state index in [4.69, 9.17) is 9.47 Å². The van der Waals surface area contributed by atoms with Crippen molar-refractivity contribution in [1.82, 2.24) is 20.2 Å². The van der Waals surface area contributed by atoms with Crippen LogP contribution in [0.25, 0.3) is 0 Å². The Morgan fingerprint density at radius 2 is 1.52 bits per heavy atom. The monoisotopic (exact) mass is 397 g/mol. The topological polar surface area (TPSA) is 116 Å². The Morgan fingerprint density at radius 3 is 2.00 bits per heavy atom. The van der Waals surface area contributed by atoms with E-state index in [1.165, 1.54) is 0 Å². The maximum atomic E-state index is 14.0. The maximum Gasteiger partial charge on any atom is 0.284 e. The smallest absolute Gasteiger partial charge is 0.284 e. The van der Waals surface area contributed by atoms with Crippen LogP contribution >= 0.6 is 7.44 Å². The summed E-state index contributed by atoms with van der Waals surface area (Å²) in [5, 5.41) is 13.7. The van der Waals surface area contributed by atoms with Gasteiger partial charge in [-0.25, -0.2) is 20.2 Å². The summed E-state index contributed by atoms with van der Waals surface area (Å²) in [5.41, 5.74) is 4.55. The van der Waals surface area contributed by atoms with Crippen LogP contribution in [0, 0.1) is 0 Å². The molecule has 27 heavy (non-hydrogen) atoms. The average Bonchev–Trinajstić information content (AvgIpc) is 2.75. The third-order valence-corrected chi connectivity index (χ3v) is 7.50. The van der Waals surface area contributed by atoms with Crippen LogP contribution < -0.4 is 10.9 Å². The highest BCUT2D eigenvalue weighted by Gasteiger charge is 2.44. The third kappa shape index (κ3) is 4.55. The first kappa shape index (κ1) is 19.9. The van der Waals surface area contributed by atoms with Gasteiger partial charge in [-0.2, -0.15) is 0 Å². The fourth-order valence-corrected chi connectivity index (χ4v) is 5.62. The molecule has 0 aromatic heterocycles. The summed E-state index contributed by atoms with van der Waals surface area (Å²) in [7, 11) is -3.45. The summed E-state index contributed by atoms with van der Waals surface area (Å²) in [6, 6.07) is 8.54. The molecule has 3 N–H and O–H groups in total. The van der Waals surface area contributed by atoms with Crippen molar-refractivity contribution in [3.05, 3.63) is 35.9 Å². The second-order valence-corrected chi connectivity index (χ2v) is 8.67. The molecule has 2 aliphatic heterocycles. The molecule has 2 fully saturated rings. The Kier molecular flexibility index (Phi) is 6.95. The number of carbonyl (C=O) groups is 1. The van der Waals surface area contributed by atoms with E-state index in [0.717, 1.165) is 0 Å². The van der Waals surface area contributed by atoms with Crippen molar-refractivity contribution in [2.75, 3.05) is 52.6 Å². The summed E-state index contributed by atoms with van der Waals surface area (Å²) in [6.45, 7) is 3.47. The molecule has 2 saturated heterocycles. The highest BCUT2D eigenvalue weighted by atomic mass is 31.2. The molecule has 0 bridgehead atoms. The Morgan fingerprint density at radius 1 is 1.00 bits per heavy atom.